The number of carbonyl (C=O) groups is 1. The second-order valence-corrected chi connectivity index (χ2v) is 3.29. The lowest BCUT2D eigenvalue weighted by Crippen LogP contribution is -2.10. The second kappa shape index (κ2) is 5.11. The topological polar surface area (TPSA) is 65.0 Å². The molecule has 0 aliphatic rings. The van der Waals surface area contributed by atoms with Gasteiger partial charge in [-0.3, -0.25) is 0 Å². The number of hydrogen-bond donors (Lipinski definition) is 0. The summed E-state index contributed by atoms with van der Waals surface area (Å²) >= 11 is 6.91. The molecule has 0 saturated carbocycles. The molecule has 14 heavy (non-hydrogen) atoms. The van der Waals surface area contributed by atoms with Crippen molar-refractivity contribution in [2.24, 2.45) is 0 Å². The van der Waals surface area contributed by atoms with Gasteiger partial charge in [-0.15, -0.1) is 10.2 Å². The summed E-state index contributed by atoms with van der Waals surface area (Å²) in [7, 11) is 0. The van der Waals surface area contributed by atoms with Crippen LogP contribution in [0.5, 0.6) is 0 Å². The second-order valence-electron chi connectivity index (χ2n) is 2.16. The van der Waals surface area contributed by atoms with Crippen LogP contribution in [0.25, 0.3) is 0 Å². The lowest BCUT2D eigenvalue weighted by Gasteiger charge is -2.02. The van der Waals surface area contributed by atoms with Crippen LogP contribution in [-0.4, -0.2) is 34.0 Å². The summed E-state index contributed by atoms with van der Waals surface area (Å²) in [5.74, 6) is -0.581. The summed E-state index contributed by atoms with van der Waals surface area (Å²) in [4.78, 5) is 15.2. The maximum atomic E-state index is 11.3. The summed E-state index contributed by atoms with van der Waals surface area (Å²) in [6.45, 7) is 1.98. The number of ether oxygens (including phenoxy) is 1. The van der Waals surface area contributed by atoms with Crippen molar-refractivity contribution in [3.05, 3.63) is 10.8 Å². The molecule has 0 spiro atoms. The van der Waals surface area contributed by atoms with Crippen LogP contribution < -0.4 is 0 Å². The van der Waals surface area contributed by atoms with Crippen LogP contribution >= 0.6 is 23.4 Å². The quantitative estimate of drug-likeness (QED) is 0.581. The van der Waals surface area contributed by atoms with Gasteiger partial charge >= 0.3 is 5.97 Å². The predicted molar refractivity (Wildman–Crippen MR) is 52.6 cm³/mol. The zero-order chi connectivity index (χ0) is 10.6. The Morgan fingerprint density at radius 2 is 2.29 bits per heavy atom. The highest BCUT2D eigenvalue weighted by Crippen LogP contribution is 2.14. The van der Waals surface area contributed by atoms with E-state index in [9.17, 15) is 4.79 Å². The number of nitrogens with zero attached hydrogens (tertiary/aromatic N) is 3. The Morgan fingerprint density at radius 3 is 2.86 bits per heavy atom. The summed E-state index contributed by atoms with van der Waals surface area (Å²) in [5.41, 5.74) is 0.00728. The van der Waals surface area contributed by atoms with Gasteiger partial charge in [-0.2, -0.15) is 0 Å². The van der Waals surface area contributed by atoms with Crippen LogP contribution in [-0.2, 0) is 4.74 Å². The van der Waals surface area contributed by atoms with E-state index in [1.165, 1.54) is 11.8 Å². The molecule has 7 heteroatoms. The van der Waals surface area contributed by atoms with Gasteiger partial charge < -0.3 is 4.74 Å². The molecule has 5 nitrogen and oxygen atoms in total. The van der Waals surface area contributed by atoms with Gasteiger partial charge in [0.05, 0.1) is 6.61 Å². The number of aromatic nitrogens is 3. The van der Waals surface area contributed by atoms with Gasteiger partial charge in [-0.1, -0.05) is 23.4 Å². The number of thioether (sulfide) groups is 1. The number of carbonyl (C=O) groups excluding carboxylic acids is 1. The van der Waals surface area contributed by atoms with Crippen molar-refractivity contribution in [3.63, 3.8) is 0 Å². The number of rotatable bonds is 3. The van der Waals surface area contributed by atoms with E-state index < -0.39 is 5.97 Å². The molecule has 1 heterocycles. The van der Waals surface area contributed by atoms with E-state index in [2.05, 4.69) is 15.2 Å². The molecule has 0 aliphatic carbocycles. The minimum absolute atomic E-state index is 0.00728. The molecule has 0 atom stereocenters. The van der Waals surface area contributed by atoms with Crippen molar-refractivity contribution in [1.29, 1.82) is 0 Å². The normalized spacial score (nSPS) is 9.93. The number of esters is 1. The third kappa shape index (κ3) is 2.55. The highest BCUT2D eigenvalue weighted by Gasteiger charge is 2.16. The van der Waals surface area contributed by atoms with Crippen molar-refractivity contribution >= 4 is 29.3 Å². The first-order valence-electron chi connectivity index (χ1n) is 3.80. The monoisotopic (exact) mass is 233 g/mol. The van der Waals surface area contributed by atoms with Gasteiger partial charge in [-0.25, -0.2) is 9.78 Å². The standard InChI is InChI=1S/C7H8ClN3O2S/c1-3-13-6(12)4-5(8)10-11-7(9-4)14-2/h3H2,1-2H3. The Hall–Kier alpha value is -0.880. The van der Waals surface area contributed by atoms with Gasteiger partial charge in [0.2, 0.25) is 5.16 Å². The molecule has 0 amide bonds. The van der Waals surface area contributed by atoms with E-state index in [0.717, 1.165) is 0 Å². The van der Waals surface area contributed by atoms with Gasteiger partial charge in [0.1, 0.15) is 0 Å². The zero-order valence-electron chi connectivity index (χ0n) is 7.65. The SMILES string of the molecule is CCOC(=O)c1nc(SC)nnc1Cl. The summed E-state index contributed by atoms with van der Waals surface area (Å²) in [5, 5.41) is 7.59. The highest BCUT2D eigenvalue weighted by molar-refractivity contribution is 7.98. The molecular formula is C7H8ClN3O2S. The average molecular weight is 234 g/mol. The first kappa shape index (κ1) is 11.2. The van der Waals surface area contributed by atoms with Gasteiger partial charge in [0, 0.05) is 0 Å². The molecule has 0 fully saturated rings. The first-order chi connectivity index (χ1) is 6.69. The van der Waals surface area contributed by atoms with Crippen LogP contribution in [0.3, 0.4) is 0 Å². The fourth-order valence-electron chi connectivity index (χ4n) is 0.714. The van der Waals surface area contributed by atoms with Gasteiger partial charge in [0.25, 0.3) is 0 Å². The minimum atomic E-state index is -0.581. The Bertz CT molecular complexity index is 348. The predicted octanol–water partition coefficient (Wildman–Crippen LogP) is 1.42. The largest absolute Gasteiger partial charge is 0.461 e. The van der Waals surface area contributed by atoms with Crippen LogP contribution in [0.2, 0.25) is 5.15 Å². The first-order valence-corrected chi connectivity index (χ1v) is 5.40. The Kier molecular flexibility index (Phi) is 4.09. The van der Waals surface area contributed by atoms with Crippen molar-refractivity contribution in [2.45, 2.75) is 12.1 Å². The van der Waals surface area contributed by atoms with E-state index in [4.69, 9.17) is 16.3 Å². The van der Waals surface area contributed by atoms with E-state index in [0.29, 0.717) is 5.16 Å². The van der Waals surface area contributed by atoms with Crippen molar-refractivity contribution in [3.8, 4) is 0 Å². The molecule has 76 valence electrons. The molecule has 0 saturated heterocycles. The third-order valence-electron chi connectivity index (χ3n) is 1.28. The fourth-order valence-corrected chi connectivity index (χ4v) is 1.18. The van der Waals surface area contributed by atoms with Crippen LogP contribution in [0.15, 0.2) is 5.16 Å². The summed E-state index contributed by atoms with van der Waals surface area (Å²) < 4.78 is 4.75. The van der Waals surface area contributed by atoms with Crippen molar-refractivity contribution in [2.75, 3.05) is 12.9 Å². The third-order valence-corrected chi connectivity index (χ3v) is 2.07. The minimum Gasteiger partial charge on any atom is -0.461 e. The zero-order valence-corrected chi connectivity index (χ0v) is 9.22. The number of hydrogen-bond acceptors (Lipinski definition) is 6. The van der Waals surface area contributed by atoms with Crippen LogP contribution in [0.1, 0.15) is 17.4 Å². The molecule has 1 rings (SSSR count). The Labute approximate surface area is 90.2 Å². The molecule has 1 aromatic heterocycles. The Morgan fingerprint density at radius 1 is 1.57 bits per heavy atom. The van der Waals surface area contributed by atoms with Gasteiger partial charge in [0.15, 0.2) is 10.8 Å². The maximum Gasteiger partial charge on any atom is 0.360 e. The molecule has 0 aromatic carbocycles. The summed E-state index contributed by atoms with van der Waals surface area (Å²) in [6.07, 6.45) is 1.78. The Balaban J connectivity index is 2.99. The van der Waals surface area contributed by atoms with E-state index in [1.807, 2.05) is 0 Å². The fraction of sp³-hybridized carbons (Fsp3) is 0.429. The molecule has 0 radical (unpaired) electrons. The lowest BCUT2D eigenvalue weighted by molar-refractivity contribution is 0.0517. The maximum absolute atomic E-state index is 11.3. The van der Waals surface area contributed by atoms with Crippen molar-refractivity contribution < 1.29 is 9.53 Å². The molecular weight excluding hydrogens is 226 g/mol. The molecule has 0 N–H and O–H groups in total. The molecule has 1 aromatic rings. The van der Waals surface area contributed by atoms with Gasteiger partial charge in [-0.05, 0) is 13.2 Å². The molecule has 0 aliphatic heterocycles. The van der Waals surface area contributed by atoms with Crippen molar-refractivity contribution in [1.82, 2.24) is 15.2 Å². The average Bonchev–Trinajstić information content (AvgIpc) is 2.19. The van der Waals surface area contributed by atoms with Crippen LogP contribution in [0, 0.1) is 0 Å². The summed E-state index contributed by atoms with van der Waals surface area (Å²) in [6, 6.07) is 0. The highest BCUT2D eigenvalue weighted by atomic mass is 35.5. The lowest BCUT2D eigenvalue weighted by atomic mass is 10.5. The molecule has 0 bridgehead atoms. The smallest absolute Gasteiger partial charge is 0.360 e. The van der Waals surface area contributed by atoms with E-state index >= 15 is 0 Å². The van der Waals surface area contributed by atoms with E-state index in [1.54, 1.807) is 13.2 Å². The van der Waals surface area contributed by atoms with E-state index in [-0.39, 0.29) is 17.5 Å². The van der Waals surface area contributed by atoms with Crippen LogP contribution in [0.4, 0.5) is 0 Å². The number of halogens is 1. The molecule has 0 unspecified atom stereocenters.